The highest BCUT2D eigenvalue weighted by Crippen LogP contribution is 2.26. The van der Waals surface area contributed by atoms with Gasteiger partial charge in [-0.1, -0.05) is 33.6 Å². The third-order valence-corrected chi connectivity index (χ3v) is 5.44. The Morgan fingerprint density at radius 2 is 1.71 bits per heavy atom. The Morgan fingerprint density at radius 1 is 1.05 bits per heavy atom. The number of hydrogen-bond donors (Lipinski definition) is 0. The van der Waals surface area contributed by atoms with E-state index in [2.05, 4.69) is 21.0 Å². The molecule has 3 rings (SSSR count). The lowest BCUT2D eigenvalue weighted by Crippen LogP contribution is -2.14. The Morgan fingerprint density at radius 3 is 2.38 bits per heavy atom. The molecule has 0 radical (unpaired) electrons. The number of hydrogen-bond acceptors (Lipinski definition) is 3. The van der Waals surface area contributed by atoms with Crippen molar-refractivity contribution in [1.82, 2.24) is 9.19 Å². The Labute approximate surface area is 131 Å². The first kappa shape index (κ1) is 14.3. The first-order valence-corrected chi connectivity index (χ1v) is 8.60. The van der Waals surface area contributed by atoms with Gasteiger partial charge in [0.15, 0.2) is 0 Å². The average Bonchev–Trinajstić information content (AvgIpc) is 2.77. The van der Waals surface area contributed by atoms with Gasteiger partial charge in [-0.3, -0.25) is 0 Å². The van der Waals surface area contributed by atoms with Crippen molar-refractivity contribution in [3.8, 4) is 0 Å². The van der Waals surface area contributed by atoms with Crippen LogP contribution in [-0.2, 0) is 10.0 Å². The summed E-state index contributed by atoms with van der Waals surface area (Å²) in [5.41, 5.74) is 2.28. The van der Waals surface area contributed by atoms with Crippen LogP contribution in [0.1, 0.15) is 11.3 Å². The summed E-state index contributed by atoms with van der Waals surface area (Å²) in [4.78, 5) is 0.236. The Bertz CT molecular complexity index is 928. The van der Waals surface area contributed by atoms with E-state index in [1.807, 2.05) is 19.1 Å². The topological polar surface area (TPSA) is 52.0 Å². The highest BCUT2D eigenvalue weighted by Gasteiger charge is 2.21. The normalized spacial score (nSPS) is 12.0. The highest BCUT2D eigenvalue weighted by atomic mass is 79.9. The molecule has 0 N–H and O–H groups in total. The van der Waals surface area contributed by atoms with Gasteiger partial charge in [0.2, 0.25) is 0 Å². The molecular weight excluding hydrogens is 352 g/mol. The highest BCUT2D eigenvalue weighted by molar-refractivity contribution is 9.10. The number of nitrogens with zero attached hydrogens (tertiary/aromatic N) is 2. The molecule has 0 saturated carbocycles. The maximum Gasteiger partial charge on any atom is 0.283 e. The summed E-state index contributed by atoms with van der Waals surface area (Å²) < 4.78 is 27.5. The van der Waals surface area contributed by atoms with Crippen LogP contribution in [-0.4, -0.2) is 17.6 Å². The van der Waals surface area contributed by atoms with Crippen LogP contribution in [0.2, 0.25) is 0 Å². The van der Waals surface area contributed by atoms with Crippen molar-refractivity contribution in [1.29, 1.82) is 0 Å². The molecule has 0 saturated heterocycles. The van der Waals surface area contributed by atoms with Gasteiger partial charge in [0.05, 0.1) is 16.1 Å². The lowest BCUT2D eigenvalue weighted by atomic mass is 10.2. The fourth-order valence-corrected chi connectivity index (χ4v) is 3.89. The number of fused-ring (bicyclic) bond motifs is 1. The Kier molecular flexibility index (Phi) is 3.37. The number of halogens is 1. The van der Waals surface area contributed by atoms with Crippen LogP contribution in [0.4, 0.5) is 0 Å². The van der Waals surface area contributed by atoms with Gasteiger partial charge < -0.3 is 0 Å². The van der Waals surface area contributed by atoms with E-state index in [4.69, 9.17) is 0 Å². The number of aryl methyl sites for hydroxylation is 2. The molecule has 0 bridgehead atoms. The van der Waals surface area contributed by atoms with Crippen LogP contribution in [0.15, 0.2) is 51.8 Å². The summed E-state index contributed by atoms with van der Waals surface area (Å²) in [7, 11) is -3.68. The van der Waals surface area contributed by atoms with E-state index in [0.717, 1.165) is 19.5 Å². The van der Waals surface area contributed by atoms with Crippen molar-refractivity contribution < 1.29 is 8.42 Å². The maximum atomic E-state index is 12.7. The van der Waals surface area contributed by atoms with E-state index in [9.17, 15) is 8.42 Å². The van der Waals surface area contributed by atoms with Crippen LogP contribution >= 0.6 is 15.9 Å². The molecule has 3 aromatic rings. The van der Waals surface area contributed by atoms with Gasteiger partial charge in [-0.25, -0.2) is 0 Å². The SMILES string of the molecule is Cc1ccc(S(=O)(=O)n2nc(C)c3cc(Br)ccc32)cc1. The van der Waals surface area contributed by atoms with Gasteiger partial charge in [-0.05, 0) is 44.2 Å². The summed E-state index contributed by atoms with van der Waals surface area (Å²) >= 11 is 3.39. The molecular formula is C15H13BrN2O2S. The van der Waals surface area contributed by atoms with Crippen LogP contribution < -0.4 is 0 Å². The average molecular weight is 365 g/mol. The van der Waals surface area contributed by atoms with Gasteiger partial charge in [0, 0.05) is 9.86 Å². The first-order valence-electron chi connectivity index (χ1n) is 6.37. The van der Waals surface area contributed by atoms with Crippen molar-refractivity contribution in [3.63, 3.8) is 0 Å². The van der Waals surface area contributed by atoms with Crippen molar-refractivity contribution in [2.45, 2.75) is 18.7 Å². The van der Waals surface area contributed by atoms with Crippen molar-refractivity contribution in [2.24, 2.45) is 0 Å². The molecule has 4 nitrogen and oxygen atoms in total. The van der Waals surface area contributed by atoms with Gasteiger partial charge >= 0.3 is 0 Å². The van der Waals surface area contributed by atoms with E-state index < -0.39 is 10.0 Å². The summed E-state index contributed by atoms with van der Waals surface area (Å²) in [6, 6.07) is 12.2. The third-order valence-electron chi connectivity index (χ3n) is 3.34. The minimum Gasteiger partial charge on any atom is -0.199 e. The lowest BCUT2D eigenvalue weighted by molar-refractivity contribution is 0.582. The smallest absolute Gasteiger partial charge is 0.199 e. The van der Waals surface area contributed by atoms with Crippen LogP contribution in [0.3, 0.4) is 0 Å². The second kappa shape index (κ2) is 4.96. The zero-order valence-corrected chi connectivity index (χ0v) is 13.9. The molecule has 1 heterocycles. The molecule has 6 heteroatoms. The first-order chi connectivity index (χ1) is 9.89. The van der Waals surface area contributed by atoms with E-state index in [1.165, 1.54) is 0 Å². The van der Waals surface area contributed by atoms with E-state index in [0.29, 0.717) is 11.2 Å². The molecule has 108 valence electrons. The third kappa shape index (κ3) is 2.38. The van der Waals surface area contributed by atoms with E-state index in [-0.39, 0.29) is 4.90 Å². The predicted octanol–water partition coefficient (Wildman–Crippen LogP) is 3.65. The second-order valence-electron chi connectivity index (χ2n) is 4.91. The summed E-state index contributed by atoms with van der Waals surface area (Å²) in [6.07, 6.45) is 0. The molecule has 0 aliphatic rings. The summed E-state index contributed by atoms with van der Waals surface area (Å²) in [5, 5.41) is 5.03. The van der Waals surface area contributed by atoms with Crippen molar-refractivity contribution in [3.05, 3.63) is 58.2 Å². The van der Waals surface area contributed by atoms with E-state index >= 15 is 0 Å². The lowest BCUT2D eigenvalue weighted by Gasteiger charge is -2.06. The number of aromatic nitrogens is 2. The summed E-state index contributed by atoms with van der Waals surface area (Å²) in [5.74, 6) is 0. The van der Waals surface area contributed by atoms with Gasteiger partial charge in [-0.15, -0.1) is 0 Å². The van der Waals surface area contributed by atoms with Crippen LogP contribution in [0.5, 0.6) is 0 Å². The molecule has 21 heavy (non-hydrogen) atoms. The summed E-state index contributed by atoms with van der Waals surface area (Å²) in [6.45, 7) is 3.72. The van der Waals surface area contributed by atoms with Crippen LogP contribution in [0, 0.1) is 13.8 Å². The zero-order valence-electron chi connectivity index (χ0n) is 11.5. The van der Waals surface area contributed by atoms with Crippen molar-refractivity contribution in [2.75, 3.05) is 0 Å². The number of rotatable bonds is 2. The quantitative estimate of drug-likeness (QED) is 0.697. The molecule has 1 aromatic heterocycles. The monoisotopic (exact) mass is 364 g/mol. The van der Waals surface area contributed by atoms with Gasteiger partial charge in [-0.2, -0.15) is 17.6 Å². The second-order valence-corrected chi connectivity index (χ2v) is 7.59. The van der Waals surface area contributed by atoms with Gasteiger partial charge in [0.1, 0.15) is 0 Å². The predicted molar refractivity (Wildman–Crippen MR) is 85.9 cm³/mol. The molecule has 0 aliphatic carbocycles. The molecule has 0 fully saturated rings. The zero-order chi connectivity index (χ0) is 15.2. The minimum atomic E-state index is -3.68. The fraction of sp³-hybridized carbons (Fsp3) is 0.133. The maximum absolute atomic E-state index is 12.7. The molecule has 2 aromatic carbocycles. The fourth-order valence-electron chi connectivity index (χ4n) is 2.20. The van der Waals surface area contributed by atoms with E-state index in [1.54, 1.807) is 37.3 Å². The van der Waals surface area contributed by atoms with Gasteiger partial charge in [0.25, 0.3) is 10.0 Å². The molecule has 0 aliphatic heterocycles. The standard InChI is InChI=1S/C15H13BrN2O2S/c1-10-3-6-13(7-4-10)21(19,20)18-15-8-5-12(16)9-14(15)11(2)17-18/h3-9H,1-2H3. The molecule has 0 amide bonds. The molecule has 0 atom stereocenters. The van der Waals surface area contributed by atoms with Crippen molar-refractivity contribution >= 4 is 36.9 Å². The largest absolute Gasteiger partial charge is 0.283 e. The number of benzene rings is 2. The molecule has 0 unspecified atom stereocenters. The molecule has 0 spiro atoms. The minimum absolute atomic E-state index is 0.236. The Hall–Kier alpha value is -1.66. The Balaban J connectivity index is 2.26. The van der Waals surface area contributed by atoms with Crippen LogP contribution in [0.25, 0.3) is 10.9 Å².